The molecule has 0 radical (unpaired) electrons. The fourth-order valence-electron chi connectivity index (χ4n) is 4.10. The lowest BCUT2D eigenvalue weighted by Gasteiger charge is -2.16. The van der Waals surface area contributed by atoms with Crippen LogP contribution in [0, 0.1) is 5.92 Å². The number of nitrogens with zero attached hydrogens (tertiary/aromatic N) is 3. The largest absolute Gasteiger partial charge is 0.345 e. The van der Waals surface area contributed by atoms with E-state index in [0.717, 1.165) is 17.8 Å². The summed E-state index contributed by atoms with van der Waals surface area (Å²) in [6, 6.07) is 13.6. The fraction of sp³-hybridized carbons (Fsp3) is 0.320. The number of ketones is 1. The number of hydrazone groups is 1. The number of carbonyl (C=O) groups excluding carboxylic acids is 2. The Hall–Kier alpha value is -3.35. The van der Waals surface area contributed by atoms with E-state index in [2.05, 4.69) is 23.5 Å². The molecule has 2 heterocycles. The Morgan fingerprint density at radius 1 is 1.16 bits per heavy atom. The summed E-state index contributed by atoms with van der Waals surface area (Å²) in [6.45, 7) is 6.61. The predicted octanol–water partition coefficient (Wildman–Crippen LogP) is 5.48. The Labute approximate surface area is 185 Å². The van der Waals surface area contributed by atoms with Crippen molar-refractivity contribution in [1.29, 1.82) is 0 Å². The van der Waals surface area contributed by atoms with Crippen LogP contribution >= 0.6 is 0 Å². The van der Waals surface area contributed by atoms with Gasteiger partial charge in [-0.05, 0) is 56.0 Å². The zero-order chi connectivity index (χ0) is 23.2. The number of fused-ring (bicyclic) bond motifs is 1. The molecule has 7 heteroatoms. The highest BCUT2D eigenvalue weighted by Gasteiger charge is 2.39. The Morgan fingerprint density at radius 2 is 1.91 bits per heavy atom. The molecule has 1 amide bonds. The number of benzene rings is 2. The first kappa shape index (κ1) is 21.9. The van der Waals surface area contributed by atoms with Crippen LogP contribution in [0.15, 0.2) is 59.8 Å². The molecule has 1 aliphatic heterocycles. The molecule has 4 rings (SSSR count). The number of anilines is 1. The van der Waals surface area contributed by atoms with Gasteiger partial charge in [-0.3, -0.25) is 9.59 Å². The highest BCUT2D eigenvalue weighted by Crippen LogP contribution is 2.31. The van der Waals surface area contributed by atoms with Crippen LogP contribution in [0.5, 0.6) is 0 Å². The third-order valence-corrected chi connectivity index (χ3v) is 5.77. The van der Waals surface area contributed by atoms with Crippen molar-refractivity contribution in [1.82, 2.24) is 4.57 Å². The molecule has 1 aromatic heterocycles. The molecule has 0 saturated heterocycles. The van der Waals surface area contributed by atoms with Crippen LogP contribution in [-0.2, 0) is 21.9 Å². The second-order valence-corrected chi connectivity index (χ2v) is 8.62. The number of aromatic nitrogens is 1. The van der Waals surface area contributed by atoms with Gasteiger partial charge < -0.3 is 4.57 Å². The smallest absolute Gasteiger partial charge is 0.270 e. The molecule has 5 nitrogen and oxygen atoms in total. The molecule has 1 aliphatic rings. The molecule has 0 saturated carbocycles. The van der Waals surface area contributed by atoms with Gasteiger partial charge in [-0.15, -0.1) is 0 Å². The van der Waals surface area contributed by atoms with Crippen molar-refractivity contribution in [3.05, 3.63) is 65.9 Å². The Balaban J connectivity index is 1.58. The summed E-state index contributed by atoms with van der Waals surface area (Å²) in [5, 5.41) is 6.68. The van der Waals surface area contributed by atoms with E-state index in [1.165, 1.54) is 23.2 Å². The van der Waals surface area contributed by atoms with Crippen LogP contribution < -0.4 is 5.01 Å². The average Bonchev–Trinajstić information content (AvgIpc) is 3.27. The molecule has 1 atom stereocenters. The Kier molecular flexibility index (Phi) is 5.44. The Bertz CT molecular complexity index is 1240. The van der Waals surface area contributed by atoms with Crippen molar-refractivity contribution in [3.8, 4) is 0 Å². The maximum Gasteiger partial charge on any atom is 0.270 e. The third kappa shape index (κ3) is 3.95. The molecule has 2 aromatic carbocycles. The second kappa shape index (κ2) is 7.97. The zero-order valence-electron chi connectivity index (χ0n) is 18.5. The van der Waals surface area contributed by atoms with Crippen LogP contribution in [0.2, 0.25) is 0 Å². The maximum atomic E-state index is 13.6. The molecule has 32 heavy (non-hydrogen) atoms. The SMILES string of the molecule is CC1=NN(c2ccc3ccn(C(C)C)c3c2)C(=O)C1C(=O)Cc1cccc(C(C)(F)F)c1. The normalized spacial score (nSPS) is 16.8. The first-order chi connectivity index (χ1) is 15.1. The topological polar surface area (TPSA) is 54.7 Å². The van der Waals surface area contributed by atoms with Crippen molar-refractivity contribution < 1.29 is 18.4 Å². The van der Waals surface area contributed by atoms with Gasteiger partial charge in [-0.25, -0.2) is 8.78 Å². The lowest BCUT2D eigenvalue weighted by Crippen LogP contribution is -2.33. The van der Waals surface area contributed by atoms with Gasteiger partial charge in [0.1, 0.15) is 5.92 Å². The summed E-state index contributed by atoms with van der Waals surface area (Å²) >= 11 is 0. The first-order valence-electron chi connectivity index (χ1n) is 10.6. The van der Waals surface area contributed by atoms with Crippen LogP contribution in [0.25, 0.3) is 10.9 Å². The molecule has 0 aliphatic carbocycles. The quantitative estimate of drug-likeness (QED) is 0.479. The van der Waals surface area contributed by atoms with Gasteiger partial charge in [-0.1, -0.05) is 24.3 Å². The van der Waals surface area contributed by atoms with Crippen molar-refractivity contribution in [2.75, 3.05) is 5.01 Å². The lowest BCUT2D eigenvalue weighted by atomic mass is 9.93. The number of halogens is 2. The van der Waals surface area contributed by atoms with Crippen molar-refractivity contribution in [2.24, 2.45) is 11.0 Å². The number of carbonyl (C=O) groups is 2. The maximum absolute atomic E-state index is 13.6. The summed E-state index contributed by atoms with van der Waals surface area (Å²) in [7, 11) is 0. The molecule has 0 fully saturated rings. The van der Waals surface area contributed by atoms with Gasteiger partial charge in [0.2, 0.25) is 0 Å². The van der Waals surface area contributed by atoms with E-state index in [0.29, 0.717) is 17.0 Å². The average molecular weight is 437 g/mol. The standard InChI is InChI=1S/C25H25F2N3O2/c1-15(2)29-11-10-18-8-9-20(14-21(18)29)30-24(32)23(16(3)28-30)22(31)13-17-6-5-7-19(12-17)25(4,26)27/h5-12,14-15,23H,13H2,1-4H3. The monoisotopic (exact) mass is 437 g/mol. The van der Waals surface area contributed by atoms with Crippen molar-refractivity contribution in [2.45, 2.75) is 46.1 Å². The van der Waals surface area contributed by atoms with Gasteiger partial charge in [0, 0.05) is 31.1 Å². The number of Topliss-reactive ketones (excluding diaryl/α,β-unsaturated/α-hetero) is 1. The minimum absolute atomic E-state index is 0.115. The van der Waals surface area contributed by atoms with Crippen LogP contribution in [0.4, 0.5) is 14.5 Å². The molecule has 0 N–H and O–H groups in total. The van der Waals surface area contributed by atoms with Crippen LogP contribution in [-0.4, -0.2) is 22.0 Å². The van der Waals surface area contributed by atoms with Crippen LogP contribution in [0.1, 0.15) is 44.9 Å². The Morgan fingerprint density at radius 3 is 2.59 bits per heavy atom. The van der Waals surface area contributed by atoms with Gasteiger partial charge in [0.05, 0.1) is 16.9 Å². The fourth-order valence-corrected chi connectivity index (χ4v) is 4.10. The van der Waals surface area contributed by atoms with Crippen molar-refractivity contribution in [3.63, 3.8) is 0 Å². The minimum Gasteiger partial charge on any atom is -0.345 e. The number of rotatable bonds is 6. The molecular formula is C25H25F2N3O2. The summed E-state index contributed by atoms with van der Waals surface area (Å²) in [5.74, 6) is -4.80. The number of hydrogen-bond donors (Lipinski definition) is 0. The van der Waals surface area contributed by atoms with E-state index in [-0.39, 0.29) is 23.8 Å². The first-order valence-corrected chi connectivity index (χ1v) is 10.6. The second-order valence-electron chi connectivity index (χ2n) is 8.62. The van der Waals surface area contributed by atoms with E-state index in [4.69, 9.17) is 0 Å². The molecule has 166 valence electrons. The summed E-state index contributed by atoms with van der Waals surface area (Å²) in [6.07, 6.45) is 1.88. The van der Waals surface area contributed by atoms with Gasteiger partial charge in [0.25, 0.3) is 11.8 Å². The van der Waals surface area contributed by atoms with E-state index in [1.807, 2.05) is 24.4 Å². The molecule has 1 unspecified atom stereocenters. The van der Waals surface area contributed by atoms with Gasteiger partial charge >= 0.3 is 0 Å². The van der Waals surface area contributed by atoms with Crippen molar-refractivity contribution >= 4 is 34.0 Å². The number of hydrogen-bond acceptors (Lipinski definition) is 3. The molecular weight excluding hydrogens is 412 g/mol. The molecule has 3 aromatic rings. The van der Waals surface area contributed by atoms with E-state index in [9.17, 15) is 18.4 Å². The van der Waals surface area contributed by atoms with Gasteiger partial charge in [-0.2, -0.15) is 10.1 Å². The summed E-state index contributed by atoms with van der Waals surface area (Å²) < 4.78 is 29.4. The van der Waals surface area contributed by atoms with E-state index in [1.54, 1.807) is 19.1 Å². The lowest BCUT2D eigenvalue weighted by molar-refractivity contribution is -0.128. The highest BCUT2D eigenvalue weighted by molar-refractivity contribution is 6.27. The summed E-state index contributed by atoms with van der Waals surface area (Å²) in [5.41, 5.74) is 2.25. The van der Waals surface area contributed by atoms with E-state index < -0.39 is 17.7 Å². The number of amides is 1. The summed E-state index contributed by atoms with van der Waals surface area (Å²) in [4.78, 5) is 26.1. The zero-order valence-corrected chi connectivity index (χ0v) is 18.5. The van der Waals surface area contributed by atoms with Gasteiger partial charge in [0.15, 0.2) is 5.78 Å². The predicted molar refractivity (Wildman–Crippen MR) is 121 cm³/mol. The highest BCUT2D eigenvalue weighted by atomic mass is 19.3. The molecule has 0 spiro atoms. The number of alkyl halides is 2. The van der Waals surface area contributed by atoms with Crippen LogP contribution in [0.3, 0.4) is 0 Å². The molecule has 0 bridgehead atoms. The van der Waals surface area contributed by atoms with E-state index >= 15 is 0 Å². The minimum atomic E-state index is -3.00. The third-order valence-electron chi connectivity index (χ3n) is 5.77.